The predicted octanol–water partition coefficient (Wildman–Crippen LogP) is 2.74. The number of nitrogens with zero attached hydrogens (tertiary/aromatic N) is 1. The fourth-order valence-electron chi connectivity index (χ4n) is 2.20. The first-order valence-corrected chi connectivity index (χ1v) is 5.34. The molecule has 2 heteroatoms. The van der Waals surface area contributed by atoms with Gasteiger partial charge in [-0.15, -0.1) is 0 Å². The summed E-state index contributed by atoms with van der Waals surface area (Å²) < 4.78 is 0. The molecule has 1 aliphatic rings. The van der Waals surface area contributed by atoms with Gasteiger partial charge in [0, 0.05) is 24.3 Å². The largest absolute Gasteiger partial charge is 0.370 e. The van der Waals surface area contributed by atoms with Crippen LogP contribution in [-0.4, -0.2) is 18.9 Å². The van der Waals surface area contributed by atoms with Gasteiger partial charge in [-0.3, -0.25) is 4.79 Å². The molecule has 0 aromatic heterocycles. The van der Waals surface area contributed by atoms with Crippen LogP contribution in [0.25, 0.3) is 0 Å². The van der Waals surface area contributed by atoms with Gasteiger partial charge in [-0.2, -0.15) is 0 Å². The Balaban J connectivity index is 2.26. The molecule has 0 aliphatic carbocycles. The van der Waals surface area contributed by atoms with Gasteiger partial charge in [0.05, 0.1) is 0 Å². The van der Waals surface area contributed by atoms with Crippen LogP contribution in [0, 0.1) is 5.41 Å². The molecule has 1 heterocycles. The van der Waals surface area contributed by atoms with Crippen molar-refractivity contribution in [2.45, 2.75) is 20.8 Å². The van der Waals surface area contributed by atoms with E-state index in [1.54, 1.807) is 6.92 Å². The molecule has 0 bridgehead atoms. The maximum absolute atomic E-state index is 11.4. The molecule has 1 saturated heterocycles. The second-order valence-electron chi connectivity index (χ2n) is 5.09. The molecule has 1 aromatic carbocycles. The second-order valence-corrected chi connectivity index (χ2v) is 5.09. The molecule has 80 valence electrons. The quantitative estimate of drug-likeness (QED) is 0.689. The van der Waals surface area contributed by atoms with Crippen LogP contribution in [0.1, 0.15) is 31.1 Å². The lowest BCUT2D eigenvalue weighted by Crippen LogP contribution is -2.53. The molecule has 1 aliphatic heterocycles. The van der Waals surface area contributed by atoms with E-state index in [2.05, 4.69) is 18.7 Å². The van der Waals surface area contributed by atoms with Crippen LogP contribution >= 0.6 is 0 Å². The first kappa shape index (κ1) is 10.2. The van der Waals surface area contributed by atoms with E-state index in [4.69, 9.17) is 0 Å². The van der Waals surface area contributed by atoms with Crippen molar-refractivity contribution in [3.05, 3.63) is 29.8 Å². The first-order chi connectivity index (χ1) is 6.99. The fraction of sp³-hybridized carbons (Fsp3) is 0.462. The average Bonchev–Trinajstić information content (AvgIpc) is 2.14. The first-order valence-electron chi connectivity index (χ1n) is 5.34. The highest BCUT2D eigenvalue weighted by Gasteiger charge is 2.35. The Labute approximate surface area is 90.9 Å². The summed E-state index contributed by atoms with van der Waals surface area (Å²) in [5, 5.41) is 0. The summed E-state index contributed by atoms with van der Waals surface area (Å²) in [6.07, 6.45) is 0. The minimum Gasteiger partial charge on any atom is -0.370 e. The number of anilines is 1. The van der Waals surface area contributed by atoms with E-state index in [1.165, 1.54) is 0 Å². The number of hydrogen-bond acceptors (Lipinski definition) is 2. The summed E-state index contributed by atoms with van der Waals surface area (Å²) in [7, 11) is 0. The lowest BCUT2D eigenvalue weighted by Gasteiger charge is -2.47. The van der Waals surface area contributed by atoms with Gasteiger partial charge in [-0.25, -0.2) is 0 Å². The lowest BCUT2D eigenvalue weighted by molar-refractivity contribution is 0.101. The van der Waals surface area contributed by atoms with Crippen LogP contribution < -0.4 is 4.90 Å². The van der Waals surface area contributed by atoms with Crippen LogP contribution in [0.2, 0.25) is 0 Å². The summed E-state index contributed by atoms with van der Waals surface area (Å²) in [5.74, 6) is 0.148. The van der Waals surface area contributed by atoms with Gasteiger partial charge < -0.3 is 4.90 Å². The molecule has 1 fully saturated rings. The molecule has 2 nitrogen and oxygen atoms in total. The Morgan fingerprint density at radius 3 is 2.40 bits per heavy atom. The number of para-hydroxylation sites is 1. The van der Waals surface area contributed by atoms with Gasteiger partial charge in [-0.05, 0) is 24.5 Å². The number of benzene rings is 1. The minimum atomic E-state index is 0.148. The van der Waals surface area contributed by atoms with Crippen LogP contribution in [0.15, 0.2) is 24.3 Å². The highest BCUT2D eigenvalue weighted by molar-refractivity contribution is 5.99. The molecule has 2 rings (SSSR count). The van der Waals surface area contributed by atoms with Gasteiger partial charge in [0.2, 0.25) is 0 Å². The number of carbonyl (C=O) groups excluding carboxylic acids is 1. The summed E-state index contributed by atoms with van der Waals surface area (Å²) in [4.78, 5) is 13.7. The van der Waals surface area contributed by atoms with E-state index in [1.807, 2.05) is 24.3 Å². The lowest BCUT2D eigenvalue weighted by atomic mass is 9.83. The third kappa shape index (κ3) is 1.89. The van der Waals surface area contributed by atoms with Crippen molar-refractivity contribution in [2.75, 3.05) is 18.0 Å². The number of hydrogen-bond donors (Lipinski definition) is 0. The Morgan fingerprint density at radius 2 is 1.87 bits per heavy atom. The highest BCUT2D eigenvalue weighted by atomic mass is 16.1. The molecular formula is C13H17NO. The molecule has 0 radical (unpaired) electrons. The molecule has 0 spiro atoms. The Kier molecular flexibility index (Phi) is 2.29. The van der Waals surface area contributed by atoms with E-state index >= 15 is 0 Å². The maximum Gasteiger partial charge on any atom is 0.161 e. The van der Waals surface area contributed by atoms with E-state index in [9.17, 15) is 4.79 Å². The highest BCUT2D eigenvalue weighted by Crippen LogP contribution is 2.35. The van der Waals surface area contributed by atoms with E-state index in [0.717, 1.165) is 24.3 Å². The van der Waals surface area contributed by atoms with Crippen molar-refractivity contribution >= 4 is 11.5 Å². The summed E-state index contributed by atoms with van der Waals surface area (Å²) >= 11 is 0. The summed E-state index contributed by atoms with van der Waals surface area (Å²) in [6.45, 7) is 8.21. The van der Waals surface area contributed by atoms with Crippen molar-refractivity contribution < 1.29 is 4.79 Å². The summed E-state index contributed by atoms with van der Waals surface area (Å²) in [5.41, 5.74) is 2.32. The zero-order chi connectivity index (χ0) is 11.1. The monoisotopic (exact) mass is 203 g/mol. The van der Waals surface area contributed by atoms with Gasteiger partial charge in [0.1, 0.15) is 0 Å². The minimum absolute atomic E-state index is 0.148. The molecular weight excluding hydrogens is 186 g/mol. The third-order valence-corrected chi connectivity index (χ3v) is 2.86. The van der Waals surface area contributed by atoms with Crippen molar-refractivity contribution in [1.82, 2.24) is 0 Å². The van der Waals surface area contributed by atoms with Gasteiger partial charge in [0.25, 0.3) is 0 Å². The SMILES string of the molecule is CC(=O)c1ccccc1N1CC(C)(C)C1. The maximum atomic E-state index is 11.4. The average molecular weight is 203 g/mol. The van der Waals surface area contributed by atoms with Crippen LogP contribution in [0.3, 0.4) is 0 Å². The molecule has 0 unspecified atom stereocenters. The van der Waals surface area contributed by atoms with Crippen molar-refractivity contribution in [3.63, 3.8) is 0 Å². The Morgan fingerprint density at radius 1 is 1.27 bits per heavy atom. The molecule has 0 atom stereocenters. The van der Waals surface area contributed by atoms with Crippen LogP contribution in [-0.2, 0) is 0 Å². The Hall–Kier alpha value is -1.31. The number of ketones is 1. The second kappa shape index (κ2) is 3.37. The molecule has 0 saturated carbocycles. The zero-order valence-electron chi connectivity index (χ0n) is 9.58. The normalized spacial score (nSPS) is 18.5. The van der Waals surface area contributed by atoms with E-state index in [0.29, 0.717) is 5.41 Å². The number of rotatable bonds is 2. The standard InChI is InChI=1S/C13H17NO/c1-10(15)11-6-4-5-7-12(11)14-8-13(2,3)9-14/h4-7H,8-9H2,1-3H3. The van der Waals surface area contributed by atoms with Gasteiger partial charge in [-0.1, -0.05) is 26.0 Å². The number of Topliss-reactive ketones (excluding diaryl/α,β-unsaturated/α-hetero) is 1. The smallest absolute Gasteiger partial charge is 0.161 e. The molecule has 1 aromatic rings. The van der Waals surface area contributed by atoms with Gasteiger partial charge in [0.15, 0.2) is 5.78 Å². The van der Waals surface area contributed by atoms with E-state index < -0.39 is 0 Å². The zero-order valence-corrected chi connectivity index (χ0v) is 9.58. The topological polar surface area (TPSA) is 20.3 Å². The van der Waals surface area contributed by atoms with Crippen molar-refractivity contribution in [2.24, 2.45) is 5.41 Å². The van der Waals surface area contributed by atoms with Crippen LogP contribution in [0.4, 0.5) is 5.69 Å². The molecule has 0 amide bonds. The van der Waals surface area contributed by atoms with Crippen molar-refractivity contribution in [1.29, 1.82) is 0 Å². The predicted molar refractivity (Wildman–Crippen MR) is 62.4 cm³/mol. The Bertz CT molecular complexity index is 387. The summed E-state index contributed by atoms with van der Waals surface area (Å²) in [6, 6.07) is 7.85. The fourth-order valence-corrected chi connectivity index (χ4v) is 2.20. The van der Waals surface area contributed by atoms with E-state index in [-0.39, 0.29) is 5.78 Å². The number of carbonyl (C=O) groups is 1. The molecule has 0 N–H and O–H groups in total. The third-order valence-electron chi connectivity index (χ3n) is 2.86. The molecule has 15 heavy (non-hydrogen) atoms. The van der Waals surface area contributed by atoms with Gasteiger partial charge >= 0.3 is 0 Å². The van der Waals surface area contributed by atoms with Crippen molar-refractivity contribution in [3.8, 4) is 0 Å². The van der Waals surface area contributed by atoms with Crippen LogP contribution in [0.5, 0.6) is 0 Å².